The fourth-order valence-electron chi connectivity index (χ4n) is 3.31. The van der Waals surface area contributed by atoms with Gasteiger partial charge in [0.05, 0.1) is 15.8 Å². The van der Waals surface area contributed by atoms with Crippen LogP contribution in [0.3, 0.4) is 0 Å². The first-order valence-electron chi connectivity index (χ1n) is 7.13. The molecule has 2 aliphatic heterocycles. The lowest BCUT2D eigenvalue weighted by Gasteiger charge is -2.27. The molecule has 7 heteroatoms. The van der Waals surface area contributed by atoms with E-state index in [1.807, 2.05) is 0 Å². The molecule has 116 valence electrons. The zero-order chi connectivity index (χ0) is 15.0. The van der Waals surface area contributed by atoms with E-state index in [1.165, 1.54) is 0 Å². The molecule has 2 fully saturated rings. The van der Waals surface area contributed by atoms with Gasteiger partial charge in [-0.05, 0) is 43.5 Å². The highest BCUT2D eigenvalue weighted by Gasteiger charge is 2.42. The van der Waals surface area contributed by atoms with Gasteiger partial charge in [0.25, 0.3) is 0 Å². The van der Waals surface area contributed by atoms with Gasteiger partial charge in [-0.15, -0.1) is 0 Å². The molecular formula is C14H18Cl2N2O2S. The first-order valence-corrected chi connectivity index (χ1v) is 9.50. The van der Waals surface area contributed by atoms with E-state index in [2.05, 4.69) is 5.32 Å². The molecule has 2 bridgehead atoms. The Hall–Kier alpha value is -0.330. The lowest BCUT2D eigenvalue weighted by Crippen LogP contribution is -2.43. The van der Waals surface area contributed by atoms with Crippen LogP contribution in [0.5, 0.6) is 0 Å². The minimum Gasteiger partial charge on any atom is -0.315 e. The number of hydrogen-bond acceptors (Lipinski definition) is 3. The van der Waals surface area contributed by atoms with E-state index in [4.69, 9.17) is 23.2 Å². The van der Waals surface area contributed by atoms with Gasteiger partial charge >= 0.3 is 0 Å². The Morgan fingerprint density at radius 2 is 1.90 bits per heavy atom. The predicted octanol–water partition coefficient (Wildman–Crippen LogP) is 2.65. The monoisotopic (exact) mass is 348 g/mol. The minimum atomic E-state index is -3.33. The molecule has 1 aromatic carbocycles. The molecule has 21 heavy (non-hydrogen) atoms. The molecule has 0 aliphatic carbocycles. The average Bonchev–Trinajstić information content (AvgIpc) is 2.68. The van der Waals surface area contributed by atoms with E-state index in [0.717, 1.165) is 32.4 Å². The summed E-state index contributed by atoms with van der Waals surface area (Å²) in [5.74, 6) is -0.0170. The average molecular weight is 349 g/mol. The highest BCUT2D eigenvalue weighted by atomic mass is 35.5. The van der Waals surface area contributed by atoms with Gasteiger partial charge in [0.2, 0.25) is 10.0 Å². The summed E-state index contributed by atoms with van der Waals surface area (Å²) in [7, 11) is -3.33. The molecule has 4 nitrogen and oxygen atoms in total. The Morgan fingerprint density at radius 3 is 2.67 bits per heavy atom. The van der Waals surface area contributed by atoms with Crippen LogP contribution in [0.2, 0.25) is 10.0 Å². The van der Waals surface area contributed by atoms with Crippen LogP contribution in [0.25, 0.3) is 0 Å². The van der Waals surface area contributed by atoms with Gasteiger partial charge in [0.15, 0.2) is 0 Å². The number of benzene rings is 1. The van der Waals surface area contributed by atoms with Gasteiger partial charge in [-0.25, -0.2) is 8.42 Å². The topological polar surface area (TPSA) is 49.4 Å². The van der Waals surface area contributed by atoms with Crippen molar-refractivity contribution in [2.45, 2.75) is 37.1 Å². The summed E-state index contributed by atoms with van der Waals surface area (Å²) in [5.41, 5.74) is 0.681. The third-order valence-corrected chi connectivity index (χ3v) is 6.92. The summed E-state index contributed by atoms with van der Waals surface area (Å²) >= 11 is 11.9. The van der Waals surface area contributed by atoms with Crippen molar-refractivity contribution < 1.29 is 8.42 Å². The Labute approximate surface area is 135 Å². The van der Waals surface area contributed by atoms with Crippen LogP contribution in [0.15, 0.2) is 18.2 Å². The number of sulfonamides is 1. The van der Waals surface area contributed by atoms with Crippen molar-refractivity contribution in [1.82, 2.24) is 9.62 Å². The summed E-state index contributed by atoms with van der Waals surface area (Å²) in [6.45, 7) is 1.64. The molecule has 0 aromatic heterocycles. The highest BCUT2D eigenvalue weighted by molar-refractivity contribution is 7.88. The molecule has 2 unspecified atom stereocenters. The molecule has 0 spiro atoms. The van der Waals surface area contributed by atoms with Crippen molar-refractivity contribution in [2.24, 2.45) is 0 Å². The standard InChI is InChI=1S/C14H18Cl2N2O2S/c15-13-4-1-10(7-14(13)16)9-21(19,20)18-11-2-3-12(18)8-17-6-5-11/h1,4,7,11-12,17H,2-3,5-6,8-9H2. The van der Waals surface area contributed by atoms with E-state index in [0.29, 0.717) is 15.6 Å². The maximum absolute atomic E-state index is 12.8. The van der Waals surface area contributed by atoms with Gasteiger partial charge in [0, 0.05) is 18.6 Å². The lowest BCUT2D eigenvalue weighted by molar-refractivity contribution is 0.334. The minimum absolute atomic E-state index is 0.0170. The first kappa shape index (κ1) is 15.6. The van der Waals surface area contributed by atoms with E-state index in [9.17, 15) is 8.42 Å². The highest BCUT2D eigenvalue weighted by Crippen LogP contribution is 2.32. The Kier molecular flexibility index (Phi) is 4.48. The van der Waals surface area contributed by atoms with Crippen LogP contribution in [0, 0.1) is 0 Å². The Bertz CT molecular complexity index is 622. The molecule has 2 saturated heterocycles. The maximum atomic E-state index is 12.8. The van der Waals surface area contributed by atoms with Crippen molar-refractivity contribution in [3.05, 3.63) is 33.8 Å². The molecule has 1 aromatic rings. The number of halogens is 2. The summed E-state index contributed by atoms with van der Waals surface area (Å²) < 4.78 is 27.3. The molecule has 0 radical (unpaired) electrons. The van der Waals surface area contributed by atoms with E-state index < -0.39 is 10.0 Å². The Balaban J connectivity index is 1.84. The lowest BCUT2D eigenvalue weighted by atomic mass is 10.1. The molecule has 2 aliphatic rings. The predicted molar refractivity (Wildman–Crippen MR) is 85.2 cm³/mol. The van der Waals surface area contributed by atoms with E-state index in [1.54, 1.807) is 22.5 Å². The van der Waals surface area contributed by atoms with Gasteiger partial charge in [-0.2, -0.15) is 4.31 Å². The second kappa shape index (κ2) is 6.05. The van der Waals surface area contributed by atoms with Gasteiger partial charge in [-0.1, -0.05) is 29.3 Å². The third-order valence-electron chi connectivity index (χ3n) is 4.24. The zero-order valence-corrected chi connectivity index (χ0v) is 13.9. The SMILES string of the molecule is O=S(=O)(Cc1ccc(Cl)c(Cl)c1)N1C2CCNCC1CC2. The summed E-state index contributed by atoms with van der Waals surface area (Å²) in [6.07, 6.45) is 2.79. The van der Waals surface area contributed by atoms with Crippen molar-refractivity contribution in [2.75, 3.05) is 13.1 Å². The van der Waals surface area contributed by atoms with Crippen molar-refractivity contribution in [3.8, 4) is 0 Å². The van der Waals surface area contributed by atoms with Crippen LogP contribution >= 0.6 is 23.2 Å². The zero-order valence-electron chi connectivity index (χ0n) is 11.6. The number of rotatable bonds is 3. The Morgan fingerprint density at radius 1 is 1.14 bits per heavy atom. The van der Waals surface area contributed by atoms with Crippen molar-refractivity contribution in [1.29, 1.82) is 0 Å². The van der Waals surface area contributed by atoms with Crippen LogP contribution in [0.1, 0.15) is 24.8 Å². The number of fused-ring (bicyclic) bond motifs is 2. The molecule has 0 saturated carbocycles. The summed E-state index contributed by atoms with van der Waals surface area (Å²) in [4.78, 5) is 0. The van der Waals surface area contributed by atoms with Crippen molar-refractivity contribution in [3.63, 3.8) is 0 Å². The van der Waals surface area contributed by atoms with Gasteiger partial charge < -0.3 is 5.32 Å². The number of hydrogen-bond donors (Lipinski definition) is 1. The molecule has 1 N–H and O–H groups in total. The molecule has 2 heterocycles. The van der Waals surface area contributed by atoms with Crippen molar-refractivity contribution >= 4 is 33.2 Å². The van der Waals surface area contributed by atoms with Gasteiger partial charge in [0.1, 0.15) is 0 Å². The smallest absolute Gasteiger partial charge is 0.218 e. The second-order valence-corrected chi connectivity index (χ2v) is 8.40. The molecule has 3 rings (SSSR count). The molecule has 0 amide bonds. The number of nitrogens with zero attached hydrogens (tertiary/aromatic N) is 1. The molecule has 2 atom stereocenters. The summed E-state index contributed by atoms with van der Waals surface area (Å²) in [5, 5.41) is 4.15. The fraction of sp³-hybridized carbons (Fsp3) is 0.571. The van der Waals surface area contributed by atoms with Crippen LogP contribution in [-0.2, 0) is 15.8 Å². The quantitative estimate of drug-likeness (QED) is 0.913. The second-order valence-electron chi connectivity index (χ2n) is 5.71. The largest absolute Gasteiger partial charge is 0.315 e. The molecular weight excluding hydrogens is 331 g/mol. The van der Waals surface area contributed by atoms with E-state index >= 15 is 0 Å². The van der Waals surface area contributed by atoms with E-state index in [-0.39, 0.29) is 17.8 Å². The fourth-order valence-corrected chi connectivity index (χ4v) is 5.68. The maximum Gasteiger partial charge on any atom is 0.218 e. The van der Waals surface area contributed by atoms with Crippen LogP contribution in [-0.4, -0.2) is 37.9 Å². The third kappa shape index (κ3) is 3.22. The van der Waals surface area contributed by atoms with Gasteiger partial charge in [-0.3, -0.25) is 0 Å². The summed E-state index contributed by atoms with van der Waals surface area (Å²) in [6, 6.07) is 5.24. The van der Waals surface area contributed by atoms with Crippen LogP contribution < -0.4 is 5.32 Å². The normalized spacial score (nSPS) is 26.8. The number of nitrogens with one attached hydrogen (secondary N) is 1. The van der Waals surface area contributed by atoms with Crippen LogP contribution in [0.4, 0.5) is 0 Å². The first-order chi connectivity index (χ1) is 9.97.